The van der Waals surface area contributed by atoms with Crippen LogP contribution in [0.5, 0.6) is 0 Å². The maximum absolute atomic E-state index is 12.8. The number of aliphatic hydroxyl groups is 1. The molecule has 0 spiro atoms. The van der Waals surface area contributed by atoms with Gasteiger partial charge in [0.25, 0.3) is 0 Å². The van der Waals surface area contributed by atoms with Crippen molar-refractivity contribution in [2.45, 2.75) is 31.4 Å². The molecule has 5 N–H and O–H groups in total. The summed E-state index contributed by atoms with van der Waals surface area (Å²) in [6.45, 7) is 0.819. The van der Waals surface area contributed by atoms with Gasteiger partial charge in [-0.3, -0.25) is 9.59 Å². The van der Waals surface area contributed by atoms with E-state index in [2.05, 4.69) is 15.5 Å². The van der Waals surface area contributed by atoms with E-state index >= 15 is 0 Å². The molecular formula is C27H34N4O3. The maximum Gasteiger partial charge on any atom is 0.243 e. The molecule has 180 valence electrons. The standard InChI is InChI=1S/C27H34N4O3/c1-31(23-10-3-2-4-11-23)15-7-12-26(33)30-25(27(34)29-19-24(32)18-28)17-20-13-14-21-8-5-6-9-22(21)16-20/h2-6,8-11,13-14,16,24-25,32H,7,12,15,17-19,28H2,1H3,(H,29,34)(H,30,33)/t24?,25-/m1/s1. The van der Waals surface area contributed by atoms with E-state index in [1.165, 1.54) is 0 Å². The first-order valence-corrected chi connectivity index (χ1v) is 11.7. The summed E-state index contributed by atoms with van der Waals surface area (Å²) in [5, 5.41) is 17.5. The zero-order chi connectivity index (χ0) is 24.3. The SMILES string of the molecule is CN(CCCC(=O)N[C@H](Cc1ccc2ccccc2c1)C(=O)NCC(O)CN)c1ccccc1. The third kappa shape index (κ3) is 7.57. The van der Waals surface area contributed by atoms with Crippen molar-refractivity contribution in [3.63, 3.8) is 0 Å². The molecule has 0 aromatic heterocycles. The van der Waals surface area contributed by atoms with Crippen molar-refractivity contribution >= 4 is 28.3 Å². The molecule has 0 heterocycles. The van der Waals surface area contributed by atoms with Crippen molar-refractivity contribution in [2.24, 2.45) is 5.73 Å². The summed E-state index contributed by atoms with van der Waals surface area (Å²) >= 11 is 0. The molecule has 0 saturated carbocycles. The van der Waals surface area contributed by atoms with Crippen LogP contribution < -0.4 is 21.3 Å². The minimum atomic E-state index is -0.825. The number of hydrogen-bond donors (Lipinski definition) is 4. The number of aliphatic hydroxyl groups excluding tert-OH is 1. The van der Waals surface area contributed by atoms with Gasteiger partial charge in [0, 0.05) is 45.2 Å². The predicted octanol–water partition coefficient (Wildman–Crippen LogP) is 2.22. The topological polar surface area (TPSA) is 108 Å². The number of nitrogens with zero attached hydrogens (tertiary/aromatic N) is 1. The van der Waals surface area contributed by atoms with Gasteiger partial charge in [-0.1, -0.05) is 60.7 Å². The van der Waals surface area contributed by atoms with Crippen LogP contribution in [0.2, 0.25) is 0 Å². The summed E-state index contributed by atoms with van der Waals surface area (Å²) in [5.74, 6) is -0.516. The van der Waals surface area contributed by atoms with Crippen molar-refractivity contribution in [3.05, 3.63) is 78.4 Å². The second-order valence-corrected chi connectivity index (χ2v) is 8.50. The minimum absolute atomic E-state index is 0.0430. The molecule has 3 aromatic rings. The second kappa shape index (κ2) is 12.7. The van der Waals surface area contributed by atoms with E-state index in [-0.39, 0.29) is 24.9 Å². The summed E-state index contributed by atoms with van der Waals surface area (Å²) in [7, 11) is 1.99. The van der Waals surface area contributed by atoms with Crippen LogP contribution in [-0.4, -0.2) is 55.7 Å². The number of fused-ring (bicyclic) bond motifs is 1. The largest absolute Gasteiger partial charge is 0.390 e. The van der Waals surface area contributed by atoms with Crippen molar-refractivity contribution in [2.75, 3.05) is 31.6 Å². The van der Waals surface area contributed by atoms with Crippen LogP contribution in [0.15, 0.2) is 72.8 Å². The monoisotopic (exact) mass is 462 g/mol. The Bertz CT molecular complexity index is 1070. The molecule has 0 fully saturated rings. The number of benzene rings is 3. The molecule has 2 amide bonds. The Hall–Kier alpha value is -3.42. The first-order valence-electron chi connectivity index (χ1n) is 11.7. The lowest BCUT2D eigenvalue weighted by Crippen LogP contribution is -2.50. The zero-order valence-corrected chi connectivity index (χ0v) is 19.6. The number of para-hydroxylation sites is 1. The Labute approximate surface area is 201 Å². The third-order valence-electron chi connectivity index (χ3n) is 5.78. The van der Waals surface area contributed by atoms with E-state index in [4.69, 9.17) is 5.73 Å². The normalized spacial score (nSPS) is 12.7. The van der Waals surface area contributed by atoms with Gasteiger partial charge in [-0.25, -0.2) is 0 Å². The molecule has 0 saturated heterocycles. The Kier molecular flexibility index (Phi) is 9.43. The van der Waals surface area contributed by atoms with Crippen LogP contribution in [0.3, 0.4) is 0 Å². The third-order valence-corrected chi connectivity index (χ3v) is 5.78. The van der Waals surface area contributed by atoms with Gasteiger partial charge >= 0.3 is 0 Å². The molecule has 34 heavy (non-hydrogen) atoms. The molecule has 2 atom stereocenters. The van der Waals surface area contributed by atoms with Crippen molar-refractivity contribution in [3.8, 4) is 0 Å². The molecule has 0 radical (unpaired) electrons. The Balaban J connectivity index is 1.61. The average molecular weight is 463 g/mol. The van der Waals surface area contributed by atoms with E-state index in [9.17, 15) is 14.7 Å². The minimum Gasteiger partial charge on any atom is -0.390 e. The highest BCUT2D eigenvalue weighted by Crippen LogP contribution is 2.17. The van der Waals surface area contributed by atoms with Crippen LogP contribution >= 0.6 is 0 Å². The van der Waals surface area contributed by atoms with Crippen LogP contribution in [0, 0.1) is 0 Å². The molecule has 7 heteroatoms. The quantitative estimate of drug-likeness (QED) is 0.330. The first-order chi connectivity index (χ1) is 16.5. The molecule has 0 aliphatic carbocycles. The Morgan fingerprint density at radius 2 is 1.71 bits per heavy atom. The van der Waals surface area contributed by atoms with Gasteiger partial charge in [0.2, 0.25) is 11.8 Å². The van der Waals surface area contributed by atoms with Crippen LogP contribution in [0.1, 0.15) is 18.4 Å². The van der Waals surface area contributed by atoms with Gasteiger partial charge in [0.15, 0.2) is 0 Å². The summed E-state index contributed by atoms with van der Waals surface area (Å²) < 4.78 is 0. The summed E-state index contributed by atoms with van der Waals surface area (Å²) in [4.78, 5) is 27.6. The van der Waals surface area contributed by atoms with Crippen LogP contribution in [0.25, 0.3) is 10.8 Å². The Morgan fingerprint density at radius 1 is 1.00 bits per heavy atom. The molecule has 3 aromatic carbocycles. The number of anilines is 1. The van der Waals surface area contributed by atoms with E-state index in [0.29, 0.717) is 19.3 Å². The van der Waals surface area contributed by atoms with Crippen LogP contribution in [0.4, 0.5) is 5.69 Å². The number of nitrogens with two attached hydrogens (primary N) is 1. The molecular weight excluding hydrogens is 428 g/mol. The van der Waals surface area contributed by atoms with Gasteiger partial charge in [-0.2, -0.15) is 0 Å². The van der Waals surface area contributed by atoms with Gasteiger partial charge in [-0.15, -0.1) is 0 Å². The lowest BCUT2D eigenvalue weighted by Gasteiger charge is -2.21. The molecule has 1 unspecified atom stereocenters. The van der Waals surface area contributed by atoms with Gasteiger partial charge in [-0.05, 0) is 34.9 Å². The maximum atomic E-state index is 12.8. The molecule has 0 aliphatic rings. The fourth-order valence-electron chi connectivity index (χ4n) is 3.79. The number of amides is 2. The number of rotatable bonds is 12. The van der Waals surface area contributed by atoms with Gasteiger partial charge in [0.05, 0.1) is 6.10 Å². The molecule has 3 rings (SSSR count). The number of carbonyl (C=O) groups is 2. The van der Waals surface area contributed by atoms with Crippen molar-refractivity contribution in [1.82, 2.24) is 10.6 Å². The average Bonchev–Trinajstić information content (AvgIpc) is 2.87. The molecule has 0 aliphatic heterocycles. The van der Waals surface area contributed by atoms with Gasteiger partial charge < -0.3 is 26.4 Å². The number of nitrogens with one attached hydrogen (secondary N) is 2. The Morgan fingerprint density at radius 3 is 2.44 bits per heavy atom. The fourth-order valence-corrected chi connectivity index (χ4v) is 3.79. The number of carbonyl (C=O) groups excluding carboxylic acids is 2. The lowest BCUT2D eigenvalue weighted by molar-refractivity contribution is -0.129. The second-order valence-electron chi connectivity index (χ2n) is 8.50. The molecule has 0 bridgehead atoms. The van der Waals surface area contributed by atoms with E-state index < -0.39 is 12.1 Å². The van der Waals surface area contributed by atoms with Crippen LogP contribution in [-0.2, 0) is 16.0 Å². The lowest BCUT2D eigenvalue weighted by atomic mass is 10.0. The highest BCUT2D eigenvalue weighted by molar-refractivity contribution is 5.88. The van der Waals surface area contributed by atoms with E-state index in [1.54, 1.807) is 0 Å². The highest BCUT2D eigenvalue weighted by Gasteiger charge is 2.22. The van der Waals surface area contributed by atoms with Gasteiger partial charge in [0.1, 0.15) is 6.04 Å². The fraction of sp³-hybridized carbons (Fsp3) is 0.333. The smallest absolute Gasteiger partial charge is 0.243 e. The number of hydrogen-bond acceptors (Lipinski definition) is 5. The summed E-state index contributed by atoms with van der Waals surface area (Å²) in [6.07, 6.45) is 0.497. The summed E-state index contributed by atoms with van der Waals surface area (Å²) in [5.41, 5.74) is 7.48. The highest BCUT2D eigenvalue weighted by atomic mass is 16.3. The van der Waals surface area contributed by atoms with Crippen molar-refractivity contribution in [1.29, 1.82) is 0 Å². The zero-order valence-electron chi connectivity index (χ0n) is 19.6. The van der Waals surface area contributed by atoms with E-state index in [0.717, 1.165) is 28.6 Å². The molecule has 7 nitrogen and oxygen atoms in total. The van der Waals surface area contributed by atoms with Crippen molar-refractivity contribution < 1.29 is 14.7 Å². The predicted molar refractivity (Wildman–Crippen MR) is 137 cm³/mol. The summed E-state index contributed by atoms with van der Waals surface area (Å²) in [6, 6.07) is 23.3. The van der Waals surface area contributed by atoms with E-state index in [1.807, 2.05) is 79.8 Å². The first kappa shape index (κ1) is 25.2.